The van der Waals surface area contributed by atoms with Crippen LogP contribution >= 0.6 is 31.9 Å². The van der Waals surface area contributed by atoms with Crippen LogP contribution in [0.1, 0.15) is 38.9 Å². The van der Waals surface area contributed by atoms with Crippen LogP contribution in [0.25, 0.3) is 132 Å². The SMILES string of the molecule is Brc1cc2c(c3oc4ccccc4c13)-c1c(ccc3oc4ccccc4c13)C21c2ccccc2-c2ccccc21.OC1(c2ccccc2-c2ccccc2)c2cc(Br)c3c(oc4ccccc43)c2-c2c1ccc1oc3ccccc3c21. The molecule has 81 heavy (non-hydrogen) atoms. The van der Waals surface area contributed by atoms with Gasteiger partial charge in [-0.15, -0.1) is 0 Å². The Morgan fingerprint density at radius 3 is 1.22 bits per heavy atom. The predicted molar refractivity (Wildman–Crippen MR) is 333 cm³/mol. The van der Waals surface area contributed by atoms with Gasteiger partial charge in [0.15, 0.2) is 0 Å². The van der Waals surface area contributed by atoms with Gasteiger partial charge in [-0.3, -0.25) is 0 Å². The zero-order valence-corrected chi connectivity index (χ0v) is 46.0. The summed E-state index contributed by atoms with van der Waals surface area (Å²) in [6, 6.07) is 82.0. The van der Waals surface area contributed by atoms with Gasteiger partial charge in [0.05, 0.1) is 5.41 Å². The summed E-state index contributed by atoms with van der Waals surface area (Å²) in [4.78, 5) is 0. The van der Waals surface area contributed by atoms with Crippen LogP contribution in [-0.2, 0) is 11.0 Å². The number of furan rings is 4. The topological polar surface area (TPSA) is 72.8 Å². The molecule has 19 rings (SSSR count). The van der Waals surface area contributed by atoms with E-state index in [2.05, 4.69) is 171 Å². The lowest BCUT2D eigenvalue weighted by atomic mass is 9.70. The maximum atomic E-state index is 13.2. The standard InChI is InChI=1S/C37H21BrO3.C37H19BrO2/c38-28-20-27-35(36-32(28)23-13-5-9-17-30(23)41-36)34-26(18-19-31-33(34)24-14-6-8-16-29(24)40-31)37(27,39)25-15-7-4-12-22(25)21-10-2-1-3-11-21;38-28-19-27-35(36-32(28)22-11-3-8-16-30(22)40-36)34-26(17-18-31-33(34)23-12-4-7-15-29(23)39-31)37(27)24-13-5-1-9-20(24)21-10-2-6-14-25(21)37/h1-20,39H;1-19H. The minimum Gasteiger partial charge on any atom is -0.456 e. The zero-order chi connectivity index (χ0) is 53.5. The average Bonchev–Trinajstić information content (AvgIpc) is 2.31. The molecule has 1 unspecified atom stereocenters. The summed E-state index contributed by atoms with van der Waals surface area (Å²) in [7, 11) is 0. The molecule has 16 aromatic rings. The molecular formula is C74H40Br2O5. The lowest BCUT2D eigenvalue weighted by Crippen LogP contribution is -2.27. The molecule has 4 aromatic heterocycles. The summed E-state index contributed by atoms with van der Waals surface area (Å²) >= 11 is 7.89. The highest BCUT2D eigenvalue weighted by Gasteiger charge is 2.54. The number of para-hydroxylation sites is 4. The van der Waals surface area contributed by atoms with Gasteiger partial charge >= 0.3 is 0 Å². The molecule has 0 saturated carbocycles. The molecule has 380 valence electrons. The second-order valence-corrected chi connectivity index (χ2v) is 23.3. The number of hydrogen-bond acceptors (Lipinski definition) is 5. The quantitative estimate of drug-likeness (QED) is 0.187. The first-order chi connectivity index (χ1) is 39.9. The molecule has 1 atom stereocenters. The maximum Gasteiger partial charge on any atom is 0.144 e. The monoisotopic (exact) mass is 1170 g/mol. The first-order valence-corrected chi connectivity index (χ1v) is 28.7. The van der Waals surface area contributed by atoms with Crippen molar-refractivity contribution in [1.82, 2.24) is 0 Å². The smallest absolute Gasteiger partial charge is 0.144 e. The summed E-state index contributed by atoms with van der Waals surface area (Å²) < 4.78 is 28.1. The molecule has 0 aliphatic heterocycles. The normalized spacial score (nSPS) is 15.2. The second kappa shape index (κ2) is 16.4. The summed E-state index contributed by atoms with van der Waals surface area (Å²) in [6.07, 6.45) is 0. The summed E-state index contributed by atoms with van der Waals surface area (Å²) in [5, 5.41) is 21.8. The fraction of sp³-hybridized carbons (Fsp3) is 0.0270. The molecule has 0 saturated heterocycles. The first-order valence-electron chi connectivity index (χ1n) is 27.2. The van der Waals surface area contributed by atoms with E-state index in [4.69, 9.17) is 17.7 Å². The Morgan fingerprint density at radius 2 is 0.679 bits per heavy atom. The molecule has 0 radical (unpaired) electrons. The fourth-order valence-corrected chi connectivity index (χ4v) is 15.9. The minimum atomic E-state index is -1.45. The number of hydrogen-bond donors (Lipinski definition) is 1. The van der Waals surface area contributed by atoms with Crippen LogP contribution in [-0.4, -0.2) is 5.11 Å². The van der Waals surface area contributed by atoms with Crippen molar-refractivity contribution in [2.75, 3.05) is 0 Å². The van der Waals surface area contributed by atoms with Crippen molar-refractivity contribution >= 4 is 120 Å². The Bertz CT molecular complexity index is 5380. The first kappa shape index (κ1) is 45.6. The van der Waals surface area contributed by atoms with Crippen LogP contribution in [0.3, 0.4) is 0 Å². The fourth-order valence-electron chi connectivity index (χ4n) is 14.6. The second-order valence-electron chi connectivity index (χ2n) is 21.5. The molecule has 0 bridgehead atoms. The highest BCUT2D eigenvalue weighted by molar-refractivity contribution is 9.11. The van der Waals surface area contributed by atoms with E-state index < -0.39 is 11.0 Å². The van der Waals surface area contributed by atoms with Crippen molar-refractivity contribution in [3.8, 4) is 44.5 Å². The molecule has 1 spiro atoms. The highest BCUT2D eigenvalue weighted by atomic mass is 79.9. The maximum absolute atomic E-state index is 13.2. The van der Waals surface area contributed by atoms with E-state index in [9.17, 15) is 5.11 Å². The van der Waals surface area contributed by atoms with E-state index in [-0.39, 0.29) is 0 Å². The van der Waals surface area contributed by atoms with Crippen molar-refractivity contribution in [3.63, 3.8) is 0 Å². The van der Waals surface area contributed by atoms with Gasteiger partial charge in [-0.25, -0.2) is 0 Å². The third kappa shape index (κ3) is 5.82. The van der Waals surface area contributed by atoms with Crippen molar-refractivity contribution in [2.45, 2.75) is 11.0 Å². The molecule has 3 aliphatic rings. The van der Waals surface area contributed by atoms with Crippen molar-refractivity contribution in [3.05, 3.63) is 284 Å². The van der Waals surface area contributed by atoms with Gasteiger partial charge in [-0.1, -0.05) is 204 Å². The molecule has 3 aliphatic carbocycles. The van der Waals surface area contributed by atoms with E-state index in [0.717, 1.165) is 141 Å². The predicted octanol–water partition coefficient (Wildman–Crippen LogP) is 20.8. The van der Waals surface area contributed by atoms with Crippen molar-refractivity contribution in [1.29, 1.82) is 0 Å². The van der Waals surface area contributed by atoms with Gasteiger partial charge < -0.3 is 22.8 Å². The van der Waals surface area contributed by atoms with Crippen LogP contribution < -0.4 is 0 Å². The number of aliphatic hydroxyl groups is 1. The van der Waals surface area contributed by atoms with E-state index in [1.807, 2.05) is 97.1 Å². The van der Waals surface area contributed by atoms with Crippen LogP contribution in [0.15, 0.2) is 263 Å². The number of rotatable bonds is 2. The average molecular weight is 1170 g/mol. The van der Waals surface area contributed by atoms with Gasteiger partial charge in [-0.05, 0) is 109 Å². The summed E-state index contributed by atoms with van der Waals surface area (Å²) in [6.45, 7) is 0. The molecule has 5 nitrogen and oxygen atoms in total. The Balaban J connectivity index is 0.000000125. The Kier molecular flexibility index (Phi) is 9.25. The van der Waals surface area contributed by atoms with Gasteiger partial charge in [0, 0.05) is 91.0 Å². The molecule has 12 aromatic carbocycles. The highest BCUT2D eigenvalue weighted by Crippen LogP contribution is 2.67. The number of benzene rings is 12. The molecule has 7 heteroatoms. The van der Waals surface area contributed by atoms with E-state index in [1.165, 1.54) is 38.9 Å². The minimum absolute atomic E-state index is 0.472. The Morgan fingerprint density at radius 1 is 0.284 bits per heavy atom. The molecule has 4 heterocycles. The Hall–Kier alpha value is -9.24. The molecular weight excluding hydrogens is 1130 g/mol. The zero-order valence-electron chi connectivity index (χ0n) is 42.9. The summed E-state index contributed by atoms with van der Waals surface area (Å²) in [5.41, 5.74) is 21.2. The molecule has 0 amide bonds. The third-order valence-electron chi connectivity index (χ3n) is 17.7. The van der Waals surface area contributed by atoms with Crippen LogP contribution in [0.5, 0.6) is 0 Å². The van der Waals surface area contributed by atoms with Gasteiger partial charge in [0.2, 0.25) is 0 Å². The van der Waals surface area contributed by atoms with Crippen LogP contribution in [0.2, 0.25) is 0 Å². The van der Waals surface area contributed by atoms with E-state index in [0.29, 0.717) is 0 Å². The number of halogens is 2. The summed E-state index contributed by atoms with van der Waals surface area (Å²) in [5.74, 6) is 0. The lowest BCUT2D eigenvalue weighted by molar-refractivity contribution is 0.131. The lowest BCUT2D eigenvalue weighted by Gasteiger charge is -2.30. The Labute approximate surface area is 479 Å². The number of fused-ring (bicyclic) bond motifs is 29. The third-order valence-corrected chi connectivity index (χ3v) is 19.0. The van der Waals surface area contributed by atoms with Gasteiger partial charge in [0.1, 0.15) is 50.3 Å². The van der Waals surface area contributed by atoms with Crippen LogP contribution in [0.4, 0.5) is 0 Å². The largest absolute Gasteiger partial charge is 0.456 e. The van der Waals surface area contributed by atoms with Gasteiger partial charge in [0.25, 0.3) is 0 Å². The van der Waals surface area contributed by atoms with Gasteiger partial charge in [-0.2, -0.15) is 0 Å². The van der Waals surface area contributed by atoms with Crippen LogP contribution in [0, 0.1) is 0 Å². The molecule has 1 N–H and O–H groups in total. The van der Waals surface area contributed by atoms with Crippen molar-refractivity contribution in [2.24, 2.45) is 0 Å². The van der Waals surface area contributed by atoms with Crippen molar-refractivity contribution < 1.29 is 22.8 Å². The van der Waals surface area contributed by atoms with E-state index in [1.54, 1.807) is 0 Å². The molecule has 0 fully saturated rings. The van der Waals surface area contributed by atoms with E-state index >= 15 is 0 Å².